The van der Waals surface area contributed by atoms with Crippen molar-refractivity contribution in [1.29, 1.82) is 0 Å². The average molecular weight is 303 g/mol. The molecule has 0 bridgehead atoms. The maximum absolute atomic E-state index is 12.1. The topological polar surface area (TPSA) is 63.6 Å². The minimum Gasteiger partial charge on any atom is -0.381 e. The molecule has 2 rings (SSSR count). The van der Waals surface area contributed by atoms with E-state index in [-0.39, 0.29) is 12.0 Å². The Morgan fingerprint density at radius 1 is 1.36 bits per heavy atom. The number of hydrazone groups is 1. The van der Waals surface area contributed by atoms with E-state index >= 15 is 0 Å². The van der Waals surface area contributed by atoms with E-state index in [1.165, 1.54) is 19.3 Å². The molecule has 5 nitrogen and oxygen atoms in total. The predicted octanol–water partition coefficient (Wildman–Crippen LogP) is 3.17. The van der Waals surface area contributed by atoms with Gasteiger partial charge in [-0.15, -0.1) is 0 Å². The maximum Gasteiger partial charge on any atom is 0.271 e. The first-order valence-electron chi connectivity index (χ1n) is 8.00. The summed E-state index contributed by atoms with van der Waals surface area (Å²) in [4.78, 5) is 16.0. The largest absolute Gasteiger partial charge is 0.381 e. The normalized spacial score (nSPS) is 18.0. The zero-order valence-corrected chi connectivity index (χ0v) is 13.4. The smallest absolute Gasteiger partial charge is 0.271 e. The highest BCUT2D eigenvalue weighted by Crippen LogP contribution is 2.26. The van der Waals surface area contributed by atoms with E-state index < -0.39 is 0 Å². The zero-order chi connectivity index (χ0) is 15.8. The highest BCUT2D eigenvalue weighted by Gasteiger charge is 2.21. The van der Waals surface area contributed by atoms with Crippen LogP contribution in [-0.2, 0) is 4.74 Å². The number of nitrogens with one attached hydrogen (secondary N) is 1. The summed E-state index contributed by atoms with van der Waals surface area (Å²) in [6.07, 6.45) is 10.2. The maximum atomic E-state index is 12.1. The molecule has 120 valence electrons. The van der Waals surface area contributed by atoms with Gasteiger partial charge in [-0.05, 0) is 37.8 Å². The van der Waals surface area contributed by atoms with Crippen LogP contribution in [0.2, 0.25) is 0 Å². The lowest BCUT2D eigenvalue weighted by atomic mass is 9.84. The number of hydrogen-bond donors (Lipinski definition) is 1. The summed E-state index contributed by atoms with van der Waals surface area (Å²) in [6.45, 7) is 2.03. The van der Waals surface area contributed by atoms with Crippen molar-refractivity contribution in [3.05, 3.63) is 30.1 Å². The highest BCUT2D eigenvalue weighted by atomic mass is 16.5. The molecule has 1 heterocycles. The summed E-state index contributed by atoms with van der Waals surface area (Å²) in [7, 11) is 1.71. The number of rotatable bonds is 6. The summed E-state index contributed by atoms with van der Waals surface area (Å²) in [6, 6.07) is 3.37. The summed E-state index contributed by atoms with van der Waals surface area (Å²) in [5, 5.41) is 4.43. The van der Waals surface area contributed by atoms with Crippen LogP contribution in [0.15, 0.2) is 29.6 Å². The molecule has 1 aliphatic carbocycles. The van der Waals surface area contributed by atoms with Gasteiger partial charge < -0.3 is 4.74 Å². The minimum absolute atomic E-state index is 0.110. The number of methoxy groups -OCH3 is 1. The molecule has 0 radical (unpaired) electrons. The Balaban J connectivity index is 2.04. The predicted molar refractivity (Wildman–Crippen MR) is 86.8 cm³/mol. The van der Waals surface area contributed by atoms with Gasteiger partial charge in [-0.1, -0.05) is 19.3 Å². The van der Waals surface area contributed by atoms with Crippen LogP contribution in [-0.4, -0.2) is 29.8 Å². The van der Waals surface area contributed by atoms with Crippen LogP contribution in [0.1, 0.15) is 55.8 Å². The molecular formula is C17H25N3O2. The number of ether oxygens (including phenoxy) is 1. The molecule has 1 N–H and O–H groups in total. The molecule has 1 aromatic rings. The second-order valence-electron chi connectivity index (χ2n) is 5.87. The molecular weight excluding hydrogens is 278 g/mol. The van der Waals surface area contributed by atoms with E-state index in [9.17, 15) is 4.79 Å². The zero-order valence-electron chi connectivity index (χ0n) is 13.4. The Kier molecular flexibility index (Phi) is 6.52. The molecule has 0 spiro atoms. The first kappa shape index (κ1) is 16.6. The minimum atomic E-state index is -0.194. The van der Waals surface area contributed by atoms with Crippen LogP contribution in [0, 0.1) is 5.92 Å². The Hall–Kier alpha value is -1.75. The molecule has 1 saturated carbocycles. The van der Waals surface area contributed by atoms with Crippen molar-refractivity contribution >= 4 is 11.6 Å². The van der Waals surface area contributed by atoms with E-state index in [1.807, 2.05) is 6.92 Å². The van der Waals surface area contributed by atoms with E-state index in [0.717, 1.165) is 25.0 Å². The van der Waals surface area contributed by atoms with Crippen LogP contribution in [0.25, 0.3) is 0 Å². The number of hydrogen-bond acceptors (Lipinski definition) is 4. The molecule has 22 heavy (non-hydrogen) atoms. The standard InChI is InChI=1S/C17H25N3O2/c1-13(22-2)12-16(14-6-4-3-5-7-14)19-20-17(21)15-8-10-18-11-9-15/h8-11,13-14H,3-7,12H2,1-2H3,(H,20,21)/b19-16-/t13-/m0/s1. The van der Waals surface area contributed by atoms with E-state index in [4.69, 9.17) is 4.74 Å². The van der Waals surface area contributed by atoms with Crippen molar-refractivity contribution in [2.75, 3.05) is 7.11 Å². The summed E-state index contributed by atoms with van der Waals surface area (Å²) in [5.41, 5.74) is 4.31. The lowest BCUT2D eigenvalue weighted by Crippen LogP contribution is -2.27. The fraction of sp³-hybridized carbons (Fsp3) is 0.588. The van der Waals surface area contributed by atoms with Gasteiger partial charge in [-0.2, -0.15) is 5.10 Å². The molecule has 5 heteroatoms. The van der Waals surface area contributed by atoms with Crippen molar-refractivity contribution in [2.45, 2.75) is 51.6 Å². The Morgan fingerprint density at radius 2 is 2.05 bits per heavy atom. The van der Waals surface area contributed by atoms with Crippen LogP contribution < -0.4 is 5.43 Å². The number of aromatic nitrogens is 1. The number of carbonyl (C=O) groups excluding carboxylic acids is 1. The van der Waals surface area contributed by atoms with Crippen molar-refractivity contribution in [3.8, 4) is 0 Å². The Morgan fingerprint density at radius 3 is 2.68 bits per heavy atom. The average Bonchev–Trinajstić information content (AvgIpc) is 2.59. The molecule has 0 saturated heterocycles. The molecule has 1 fully saturated rings. The van der Waals surface area contributed by atoms with Gasteiger partial charge in [-0.3, -0.25) is 9.78 Å². The van der Waals surface area contributed by atoms with Gasteiger partial charge in [0.15, 0.2) is 0 Å². The van der Waals surface area contributed by atoms with Gasteiger partial charge in [0, 0.05) is 37.2 Å². The van der Waals surface area contributed by atoms with E-state index in [0.29, 0.717) is 11.5 Å². The van der Waals surface area contributed by atoms with Crippen molar-refractivity contribution in [1.82, 2.24) is 10.4 Å². The second-order valence-corrected chi connectivity index (χ2v) is 5.87. The monoisotopic (exact) mass is 303 g/mol. The van der Waals surface area contributed by atoms with Crippen LogP contribution in [0.4, 0.5) is 0 Å². The first-order chi connectivity index (χ1) is 10.7. The Labute approximate surface area is 132 Å². The molecule has 1 aromatic heterocycles. The summed E-state index contributed by atoms with van der Waals surface area (Å²) < 4.78 is 5.36. The lowest BCUT2D eigenvalue weighted by Gasteiger charge is -2.24. The lowest BCUT2D eigenvalue weighted by molar-refractivity contribution is 0.0952. The molecule has 0 unspecified atom stereocenters. The van der Waals surface area contributed by atoms with Gasteiger partial charge in [0.25, 0.3) is 5.91 Å². The number of nitrogens with zero attached hydrogens (tertiary/aromatic N) is 2. The first-order valence-corrected chi connectivity index (χ1v) is 8.00. The Bertz CT molecular complexity index is 496. The van der Waals surface area contributed by atoms with E-state index in [1.54, 1.807) is 31.6 Å². The number of amides is 1. The third-order valence-electron chi connectivity index (χ3n) is 4.22. The summed E-state index contributed by atoms with van der Waals surface area (Å²) >= 11 is 0. The van der Waals surface area contributed by atoms with Crippen molar-refractivity contribution in [3.63, 3.8) is 0 Å². The number of pyridine rings is 1. The molecule has 1 amide bonds. The molecule has 0 aromatic carbocycles. The molecule has 1 aliphatic rings. The van der Waals surface area contributed by atoms with Crippen molar-refractivity contribution in [2.24, 2.45) is 11.0 Å². The third-order valence-corrected chi connectivity index (χ3v) is 4.22. The van der Waals surface area contributed by atoms with Crippen molar-refractivity contribution < 1.29 is 9.53 Å². The second kappa shape index (κ2) is 8.63. The fourth-order valence-electron chi connectivity index (χ4n) is 2.81. The quantitative estimate of drug-likeness (QED) is 0.648. The summed E-state index contributed by atoms with van der Waals surface area (Å²) in [5.74, 6) is 0.268. The van der Waals surface area contributed by atoms with Gasteiger partial charge in [0.05, 0.1) is 6.10 Å². The number of carbonyl (C=O) groups is 1. The van der Waals surface area contributed by atoms with Crippen LogP contribution >= 0.6 is 0 Å². The van der Waals surface area contributed by atoms with Gasteiger partial charge in [-0.25, -0.2) is 5.43 Å². The third kappa shape index (κ3) is 4.91. The molecule has 1 atom stereocenters. The van der Waals surface area contributed by atoms with E-state index in [2.05, 4.69) is 15.5 Å². The van der Waals surface area contributed by atoms with Gasteiger partial charge >= 0.3 is 0 Å². The van der Waals surface area contributed by atoms with Crippen LogP contribution in [0.3, 0.4) is 0 Å². The fourth-order valence-corrected chi connectivity index (χ4v) is 2.81. The SMILES string of the molecule is CO[C@@H](C)C/C(=N/NC(=O)c1ccncc1)C1CCCCC1. The highest BCUT2D eigenvalue weighted by molar-refractivity contribution is 5.95. The van der Waals surface area contributed by atoms with Gasteiger partial charge in [0.2, 0.25) is 0 Å². The molecule has 0 aliphatic heterocycles. The van der Waals surface area contributed by atoms with Crippen LogP contribution in [0.5, 0.6) is 0 Å². The van der Waals surface area contributed by atoms with Gasteiger partial charge in [0.1, 0.15) is 0 Å².